The van der Waals surface area contributed by atoms with Crippen molar-refractivity contribution >= 4 is 87.1 Å². The Bertz CT molecular complexity index is 538. The summed E-state index contributed by atoms with van der Waals surface area (Å²) in [6.07, 6.45) is -0.719. The fourth-order valence-electron chi connectivity index (χ4n) is 1.12. The first-order valence-electron chi connectivity index (χ1n) is 5.05. The highest BCUT2D eigenvalue weighted by Crippen LogP contribution is 2.46. The molecule has 0 spiro atoms. The summed E-state index contributed by atoms with van der Waals surface area (Å²) in [6, 6.07) is 0. The second-order valence-corrected chi connectivity index (χ2v) is 5.54. The van der Waals surface area contributed by atoms with E-state index in [0.717, 1.165) is 0 Å². The van der Waals surface area contributed by atoms with Crippen molar-refractivity contribution < 1.29 is 9.53 Å². The Morgan fingerprint density at radius 3 is 1.95 bits per heavy atom. The van der Waals surface area contributed by atoms with E-state index in [9.17, 15) is 4.79 Å². The number of hydrogen-bond acceptors (Lipinski definition) is 3. The molecule has 0 radical (unpaired) electrons. The molecular formula is C10H7Cl5N2O2S. The molecule has 2 N–H and O–H groups in total. The molecule has 0 bridgehead atoms. The van der Waals surface area contributed by atoms with Gasteiger partial charge in [0.25, 0.3) is 0 Å². The van der Waals surface area contributed by atoms with Gasteiger partial charge in [-0.1, -0.05) is 58.0 Å². The molecule has 0 aliphatic carbocycles. The zero-order valence-corrected chi connectivity index (χ0v) is 14.4. The number of ether oxygens (including phenoxy) is 1. The van der Waals surface area contributed by atoms with Gasteiger partial charge in [0.2, 0.25) is 0 Å². The van der Waals surface area contributed by atoms with E-state index < -0.39 is 6.09 Å². The van der Waals surface area contributed by atoms with Gasteiger partial charge in [-0.05, 0) is 19.1 Å². The van der Waals surface area contributed by atoms with Gasteiger partial charge in [0.1, 0.15) is 0 Å². The number of halogens is 5. The maximum Gasteiger partial charge on any atom is 0.413 e. The monoisotopic (exact) mass is 394 g/mol. The van der Waals surface area contributed by atoms with E-state index in [1.54, 1.807) is 6.92 Å². The first kappa shape index (κ1) is 17.9. The molecule has 10 heteroatoms. The average molecular weight is 397 g/mol. The Balaban J connectivity index is 2.99. The molecule has 0 atom stereocenters. The predicted octanol–water partition coefficient (Wildman–Crippen LogP) is 5.40. The van der Waals surface area contributed by atoms with Crippen molar-refractivity contribution in [3.05, 3.63) is 25.1 Å². The normalized spacial score (nSPS) is 10.1. The zero-order chi connectivity index (χ0) is 15.4. The summed E-state index contributed by atoms with van der Waals surface area (Å²) in [5.74, 6) is 0. The maximum atomic E-state index is 11.2. The third kappa shape index (κ3) is 4.16. The fraction of sp³-hybridized carbons (Fsp3) is 0.200. The summed E-state index contributed by atoms with van der Waals surface area (Å²) in [5, 5.41) is 4.90. The van der Waals surface area contributed by atoms with Gasteiger partial charge in [-0.15, -0.1) is 0 Å². The molecule has 0 fully saturated rings. The molecule has 0 saturated carbocycles. The van der Waals surface area contributed by atoms with Crippen LogP contribution in [-0.4, -0.2) is 17.8 Å². The van der Waals surface area contributed by atoms with Crippen LogP contribution in [0.1, 0.15) is 6.92 Å². The molecule has 1 aromatic rings. The molecule has 0 aliphatic heterocycles. The van der Waals surface area contributed by atoms with E-state index in [-0.39, 0.29) is 42.5 Å². The summed E-state index contributed by atoms with van der Waals surface area (Å²) < 4.78 is 4.66. The third-order valence-electron chi connectivity index (χ3n) is 1.94. The van der Waals surface area contributed by atoms with Crippen LogP contribution >= 0.6 is 70.2 Å². The highest BCUT2D eigenvalue weighted by Gasteiger charge is 2.20. The second-order valence-electron chi connectivity index (χ2n) is 3.24. The van der Waals surface area contributed by atoms with Gasteiger partial charge >= 0.3 is 6.09 Å². The maximum absolute atomic E-state index is 11.2. The Morgan fingerprint density at radius 1 is 1.05 bits per heavy atom. The lowest BCUT2D eigenvalue weighted by atomic mass is 10.3. The number of benzene rings is 1. The summed E-state index contributed by atoms with van der Waals surface area (Å²) in [7, 11) is 0. The zero-order valence-electron chi connectivity index (χ0n) is 9.82. The van der Waals surface area contributed by atoms with Crippen LogP contribution in [0, 0.1) is 0 Å². The molecule has 1 amide bonds. The van der Waals surface area contributed by atoms with Crippen LogP contribution in [0.15, 0.2) is 0 Å². The van der Waals surface area contributed by atoms with Crippen molar-refractivity contribution in [1.29, 1.82) is 0 Å². The minimum absolute atomic E-state index is 0.0177. The Labute approximate surface area is 145 Å². The van der Waals surface area contributed by atoms with Gasteiger partial charge in [0.05, 0.1) is 37.4 Å². The molecule has 1 aromatic carbocycles. The molecule has 0 aromatic heterocycles. The molecule has 0 saturated heterocycles. The Hall–Kier alpha value is -0.170. The summed E-state index contributed by atoms with van der Waals surface area (Å²) in [4.78, 5) is 11.2. The van der Waals surface area contributed by atoms with Crippen LogP contribution in [0.2, 0.25) is 25.1 Å². The molecule has 0 unspecified atom stereocenters. The van der Waals surface area contributed by atoms with Crippen molar-refractivity contribution in [2.45, 2.75) is 6.92 Å². The lowest BCUT2D eigenvalue weighted by Gasteiger charge is -2.15. The summed E-state index contributed by atoms with van der Waals surface area (Å²) >= 11 is 34.5. The molecule has 0 heterocycles. The number of hydrogen-bond donors (Lipinski definition) is 2. The second kappa shape index (κ2) is 7.73. The summed E-state index contributed by atoms with van der Waals surface area (Å²) in [6.45, 7) is 1.86. The van der Waals surface area contributed by atoms with E-state index >= 15 is 0 Å². The molecule has 110 valence electrons. The van der Waals surface area contributed by atoms with E-state index in [1.807, 2.05) is 0 Å². The highest BCUT2D eigenvalue weighted by atomic mass is 35.5. The van der Waals surface area contributed by atoms with Crippen LogP contribution in [0.4, 0.5) is 10.5 Å². The first-order valence-corrected chi connectivity index (χ1v) is 7.35. The number of thiocarbonyl (C=S) groups is 1. The number of carbonyl (C=O) groups excluding carboxylic acids is 1. The lowest BCUT2D eigenvalue weighted by Crippen LogP contribution is -2.34. The van der Waals surface area contributed by atoms with Gasteiger partial charge < -0.3 is 10.1 Å². The smallest absolute Gasteiger partial charge is 0.413 e. The summed E-state index contributed by atoms with van der Waals surface area (Å²) in [5.41, 5.74) is 0.134. The molecular weight excluding hydrogens is 389 g/mol. The van der Waals surface area contributed by atoms with Crippen LogP contribution in [0.25, 0.3) is 0 Å². The predicted molar refractivity (Wildman–Crippen MR) is 87.9 cm³/mol. The van der Waals surface area contributed by atoms with Gasteiger partial charge in [-0.25, -0.2) is 4.79 Å². The van der Waals surface area contributed by atoms with Crippen molar-refractivity contribution in [3.8, 4) is 0 Å². The van der Waals surface area contributed by atoms with Gasteiger partial charge in [0, 0.05) is 0 Å². The Kier molecular flexibility index (Phi) is 6.91. The highest BCUT2D eigenvalue weighted by molar-refractivity contribution is 7.80. The van der Waals surface area contributed by atoms with E-state index in [0.29, 0.717) is 0 Å². The van der Waals surface area contributed by atoms with Crippen LogP contribution in [0.5, 0.6) is 0 Å². The number of nitrogens with one attached hydrogen (secondary N) is 2. The number of carbonyl (C=O) groups is 1. The minimum Gasteiger partial charge on any atom is -0.450 e. The van der Waals surface area contributed by atoms with Crippen molar-refractivity contribution in [2.24, 2.45) is 0 Å². The largest absolute Gasteiger partial charge is 0.450 e. The van der Waals surface area contributed by atoms with Crippen molar-refractivity contribution in [2.75, 3.05) is 11.9 Å². The standard InChI is InChI=1S/C10H7Cl5N2O2S/c1-2-19-10(18)17-9(20)16-8-6(14)4(12)3(11)5(13)7(8)15/h2H2,1H3,(H2,16,17,18,20). The molecule has 4 nitrogen and oxygen atoms in total. The van der Waals surface area contributed by atoms with Crippen molar-refractivity contribution in [3.63, 3.8) is 0 Å². The van der Waals surface area contributed by atoms with E-state index in [2.05, 4.69) is 15.4 Å². The topological polar surface area (TPSA) is 50.4 Å². The van der Waals surface area contributed by atoms with Crippen LogP contribution < -0.4 is 10.6 Å². The number of rotatable bonds is 2. The number of amides is 1. The van der Waals surface area contributed by atoms with Gasteiger partial charge in [-0.3, -0.25) is 5.32 Å². The van der Waals surface area contributed by atoms with Gasteiger partial charge in [-0.2, -0.15) is 0 Å². The number of alkyl carbamates (subject to hydrolysis) is 1. The van der Waals surface area contributed by atoms with Gasteiger partial charge in [0.15, 0.2) is 5.11 Å². The molecule has 1 rings (SSSR count). The Morgan fingerprint density at radius 2 is 1.50 bits per heavy atom. The number of anilines is 1. The first-order chi connectivity index (χ1) is 9.29. The SMILES string of the molecule is CCOC(=O)NC(=S)Nc1c(Cl)c(Cl)c(Cl)c(Cl)c1Cl. The lowest BCUT2D eigenvalue weighted by molar-refractivity contribution is 0.158. The molecule has 0 aliphatic rings. The van der Waals surface area contributed by atoms with Crippen LogP contribution in [-0.2, 0) is 4.74 Å². The third-order valence-corrected chi connectivity index (χ3v) is 4.42. The minimum atomic E-state index is -0.719. The van der Waals surface area contributed by atoms with E-state index in [4.69, 9.17) is 70.2 Å². The average Bonchev–Trinajstić information content (AvgIpc) is 2.39. The van der Waals surface area contributed by atoms with Crippen molar-refractivity contribution in [1.82, 2.24) is 5.32 Å². The fourth-order valence-corrected chi connectivity index (χ4v) is 2.54. The quantitative estimate of drug-likeness (QED) is 0.399. The van der Waals surface area contributed by atoms with E-state index in [1.165, 1.54) is 0 Å². The van der Waals surface area contributed by atoms with Crippen LogP contribution in [0.3, 0.4) is 0 Å². The molecule has 20 heavy (non-hydrogen) atoms.